The lowest BCUT2D eigenvalue weighted by Crippen LogP contribution is -2.41. The minimum absolute atomic E-state index is 0.309. The lowest BCUT2D eigenvalue weighted by atomic mass is 10.2. The molecular formula is C18H19N5O4. The molecule has 0 aliphatic carbocycles. The quantitative estimate of drug-likeness (QED) is 0.629. The van der Waals surface area contributed by atoms with Gasteiger partial charge in [-0.1, -0.05) is 18.2 Å². The van der Waals surface area contributed by atoms with Crippen LogP contribution in [0.2, 0.25) is 0 Å². The molecule has 0 atom stereocenters. The molecule has 0 unspecified atom stereocenters. The molecule has 9 nitrogen and oxygen atoms in total. The number of carbonyl (C=O) groups excluding carboxylic acids is 1. The molecule has 9 heteroatoms. The van der Waals surface area contributed by atoms with Gasteiger partial charge in [0.1, 0.15) is 6.54 Å². The maximum absolute atomic E-state index is 13.0. The number of carbonyl (C=O) groups is 1. The van der Waals surface area contributed by atoms with Gasteiger partial charge in [-0.25, -0.2) is 9.36 Å². The van der Waals surface area contributed by atoms with E-state index in [0.29, 0.717) is 23.7 Å². The van der Waals surface area contributed by atoms with Crippen LogP contribution in [0.25, 0.3) is 11.2 Å². The van der Waals surface area contributed by atoms with Crippen molar-refractivity contribution < 1.29 is 9.53 Å². The van der Waals surface area contributed by atoms with Gasteiger partial charge in [-0.2, -0.15) is 4.98 Å². The van der Waals surface area contributed by atoms with Crippen molar-refractivity contribution in [1.82, 2.24) is 18.7 Å². The first-order valence-electron chi connectivity index (χ1n) is 8.62. The second-order valence-corrected chi connectivity index (χ2v) is 6.39. The van der Waals surface area contributed by atoms with Crippen LogP contribution in [-0.2, 0) is 29.7 Å². The number of methoxy groups -OCH3 is 1. The molecule has 1 aliphatic heterocycles. The highest BCUT2D eigenvalue weighted by Gasteiger charge is 2.27. The number of aryl methyl sites for hydroxylation is 2. The number of aromatic nitrogens is 4. The molecule has 1 aromatic carbocycles. The van der Waals surface area contributed by atoms with E-state index in [0.717, 1.165) is 23.2 Å². The van der Waals surface area contributed by atoms with Crippen molar-refractivity contribution >= 4 is 28.8 Å². The fraction of sp³-hybridized carbons (Fsp3) is 0.333. The third-order valence-corrected chi connectivity index (χ3v) is 4.80. The highest BCUT2D eigenvalue weighted by Crippen LogP contribution is 2.30. The summed E-state index contributed by atoms with van der Waals surface area (Å²) in [5.74, 6) is -0.0387. The van der Waals surface area contributed by atoms with Crippen molar-refractivity contribution in [3.63, 3.8) is 0 Å². The minimum atomic E-state index is -0.655. The van der Waals surface area contributed by atoms with Gasteiger partial charge in [0.15, 0.2) is 11.2 Å². The van der Waals surface area contributed by atoms with Crippen LogP contribution in [0.4, 0.5) is 11.6 Å². The number of fused-ring (bicyclic) bond motifs is 3. The van der Waals surface area contributed by atoms with Crippen LogP contribution >= 0.6 is 0 Å². The first-order valence-corrected chi connectivity index (χ1v) is 8.62. The number of hydrogen-bond donors (Lipinski definition) is 0. The molecule has 140 valence electrons. The van der Waals surface area contributed by atoms with E-state index in [-0.39, 0.29) is 0 Å². The van der Waals surface area contributed by atoms with Crippen molar-refractivity contribution in [3.05, 3.63) is 51.2 Å². The predicted octanol–water partition coefficient (Wildman–Crippen LogP) is 0.611. The number of imidazole rings is 1. The molecule has 27 heavy (non-hydrogen) atoms. The van der Waals surface area contributed by atoms with Crippen molar-refractivity contribution in [1.29, 1.82) is 0 Å². The normalized spacial score (nSPS) is 13.6. The van der Waals surface area contributed by atoms with Gasteiger partial charge in [0.2, 0.25) is 5.95 Å². The smallest absolute Gasteiger partial charge is 0.333 e. The van der Waals surface area contributed by atoms with Crippen molar-refractivity contribution in [2.24, 2.45) is 7.05 Å². The Labute approximate surface area is 154 Å². The standard InChI is InChI=1S/C18H19N5O4/c1-20-15-14(16(25)23(18(20)26)11-13(24)27-2)22-10-6-9-21(17(22)19-15)12-7-4-3-5-8-12/h3-5,7-8H,6,9-11H2,1-2H3. The molecule has 2 aromatic heterocycles. The number of ether oxygens (including phenoxy) is 1. The fourth-order valence-corrected chi connectivity index (χ4v) is 3.45. The van der Waals surface area contributed by atoms with E-state index in [1.54, 1.807) is 7.05 Å². The average molecular weight is 369 g/mol. The number of rotatable bonds is 3. The van der Waals surface area contributed by atoms with Gasteiger partial charge in [-0.05, 0) is 18.6 Å². The molecule has 0 saturated carbocycles. The number of hydrogen-bond acceptors (Lipinski definition) is 6. The number of anilines is 2. The Morgan fingerprint density at radius 2 is 1.93 bits per heavy atom. The number of esters is 1. The minimum Gasteiger partial charge on any atom is -0.468 e. The van der Waals surface area contributed by atoms with Crippen LogP contribution in [0.5, 0.6) is 0 Å². The molecule has 0 bridgehead atoms. The van der Waals surface area contributed by atoms with Crippen molar-refractivity contribution in [2.45, 2.75) is 19.5 Å². The molecule has 0 spiro atoms. The van der Waals surface area contributed by atoms with Gasteiger partial charge >= 0.3 is 11.7 Å². The van der Waals surface area contributed by atoms with Gasteiger partial charge in [0.25, 0.3) is 5.56 Å². The molecule has 0 saturated heterocycles. The van der Waals surface area contributed by atoms with Crippen LogP contribution in [0.15, 0.2) is 39.9 Å². The number of nitrogens with zero attached hydrogens (tertiary/aromatic N) is 5. The highest BCUT2D eigenvalue weighted by atomic mass is 16.5. The van der Waals surface area contributed by atoms with Crippen molar-refractivity contribution in [3.8, 4) is 0 Å². The Morgan fingerprint density at radius 3 is 2.63 bits per heavy atom. The summed E-state index contributed by atoms with van der Waals surface area (Å²) in [6, 6.07) is 9.77. The molecule has 0 radical (unpaired) electrons. The van der Waals surface area contributed by atoms with E-state index in [2.05, 4.69) is 9.72 Å². The van der Waals surface area contributed by atoms with Gasteiger partial charge in [-0.3, -0.25) is 14.2 Å². The summed E-state index contributed by atoms with van der Waals surface area (Å²) in [5.41, 5.74) is 0.459. The van der Waals surface area contributed by atoms with E-state index < -0.39 is 23.8 Å². The topological polar surface area (TPSA) is 91.4 Å². The third-order valence-electron chi connectivity index (χ3n) is 4.80. The van der Waals surface area contributed by atoms with Crippen LogP contribution < -0.4 is 16.1 Å². The highest BCUT2D eigenvalue weighted by molar-refractivity contribution is 5.77. The van der Waals surface area contributed by atoms with E-state index in [4.69, 9.17) is 0 Å². The molecule has 1 aliphatic rings. The Morgan fingerprint density at radius 1 is 1.19 bits per heavy atom. The molecule has 0 N–H and O–H groups in total. The zero-order valence-electron chi connectivity index (χ0n) is 15.1. The largest absolute Gasteiger partial charge is 0.468 e. The summed E-state index contributed by atoms with van der Waals surface area (Å²) in [6.07, 6.45) is 0.826. The van der Waals surface area contributed by atoms with Crippen LogP contribution in [0.1, 0.15) is 6.42 Å². The Balaban J connectivity index is 1.97. The van der Waals surface area contributed by atoms with E-state index in [9.17, 15) is 14.4 Å². The summed E-state index contributed by atoms with van der Waals surface area (Å²) in [5, 5.41) is 0. The first-order chi connectivity index (χ1) is 13.0. The zero-order valence-corrected chi connectivity index (χ0v) is 15.1. The summed E-state index contributed by atoms with van der Waals surface area (Å²) >= 11 is 0. The van der Waals surface area contributed by atoms with Crippen LogP contribution in [0.3, 0.4) is 0 Å². The maximum atomic E-state index is 13.0. The Hall–Kier alpha value is -3.36. The summed E-state index contributed by atoms with van der Waals surface area (Å²) in [7, 11) is 2.76. The van der Waals surface area contributed by atoms with Crippen molar-refractivity contribution in [2.75, 3.05) is 18.6 Å². The maximum Gasteiger partial charge on any atom is 0.333 e. The van der Waals surface area contributed by atoms with Gasteiger partial charge in [0.05, 0.1) is 7.11 Å². The van der Waals surface area contributed by atoms with Crippen LogP contribution in [0, 0.1) is 0 Å². The molecule has 3 heterocycles. The SMILES string of the molecule is COC(=O)Cn1c(=O)c2c(nc3n2CCCN3c2ccccc2)n(C)c1=O. The number of benzene rings is 1. The molecule has 0 amide bonds. The molecule has 4 rings (SSSR count). The summed E-state index contributed by atoms with van der Waals surface area (Å²) in [4.78, 5) is 43.8. The lowest BCUT2D eigenvalue weighted by molar-refractivity contribution is -0.141. The average Bonchev–Trinajstić information content (AvgIpc) is 3.10. The zero-order chi connectivity index (χ0) is 19.1. The number of para-hydroxylation sites is 1. The molecular weight excluding hydrogens is 350 g/mol. The molecule has 0 fully saturated rings. The Bertz CT molecular complexity index is 1140. The lowest BCUT2D eigenvalue weighted by Gasteiger charge is -2.28. The Kier molecular flexibility index (Phi) is 4.06. The predicted molar refractivity (Wildman–Crippen MR) is 99.3 cm³/mol. The van der Waals surface area contributed by atoms with Gasteiger partial charge in [0, 0.05) is 25.8 Å². The van der Waals surface area contributed by atoms with Gasteiger partial charge < -0.3 is 14.2 Å². The van der Waals surface area contributed by atoms with E-state index in [1.807, 2.05) is 39.8 Å². The van der Waals surface area contributed by atoms with E-state index >= 15 is 0 Å². The second kappa shape index (κ2) is 6.42. The second-order valence-electron chi connectivity index (χ2n) is 6.39. The third kappa shape index (κ3) is 2.62. The van der Waals surface area contributed by atoms with Gasteiger partial charge in [-0.15, -0.1) is 0 Å². The summed E-state index contributed by atoms with van der Waals surface area (Å²) in [6.45, 7) is 0.944. The van der Waals surface area contributed by atoms with E-state index in [1.165, 1.54) is 11.7 Å². The van der Waals surface area contributed by atoms with Crippen LogP contribution in [-0.4, -0.2) is 38.3 Å². The first kappa shape index (κ1) is 17.1. The molecule has 3 aromatic rings. The summed E-state index contributed by atoms with van der Waals surface area (Å²) < 4.78 is 8.62. The fourth-order valence-electron chi connectivity index (χ4n) is 3.45. The monoisotopic (exact) mass is 369 g/mol.